The first-order valence-electron chi connectivity index (χ1n) is 14.0. The van der Waals surface area contributed by atoms with E-state index in [0.29, 0.717) is 30.5 Å². The lowest BCUT2D eigenvalue weighted by atomic mass is 9.89. The highest BCUT2D eigenvalue weighted by atomic mass is 19.1. The van der Waals surface area contributed by atoms with Gasteiger partial charge in [-0.25, -0.2) is 14.8 Å². The van der Waals surface area contributed by atoms with Gasteiger partial charge in [0, 0.05) is 17.5 Å². The number of benzene rings is 1. The second kappa shape index (κ2) is 11.9. The van der Waals surface area contributed by atoms with E-state index in [9.17, 15) is 19.2 Å². The molecule has 1 fully saturated rings. The number of hydrogen-bond donors (Lipinski definition) is 3. The summed E-state index contributed by atoms with van der Waals surface area (Å²) < 4.78 is 21.3. The molecule has 0 aliphatic carbocycles. The molecule has 1 aromatic heterocycles. The first-order valence-corrected chi connectivity index (χ1v) is 14.0. The Kier molecular flexibility index (Phi) is 8.77. The van der Waals surface area contributed by atoms with Crippen LogP contribution >= 0.6 is 0 Å². The van der Waals surface area contributed by atoms with Crippen molar-refractivity contribution in [3.05, 3.63) is 47.4 Å². The molecule has 10 nitrogen and oxygen atoms in total. The number of cyclic esters (lactones) is 1. The lowest BCUT2D eigenvalue weighted by Gasteiger charge is -2.35. The minimum absolute atomic E-state index is 0.110. The molecule has 4 rings (SSSR count). The van der Waals surface area contributed by atoms with Gasteiger partial charge in [0.25, 0.3) is 5.91 Å². The number of amides is 3. The van der Waals surface area contributed by atoms with Gasteiger partial charge in [-0.1, -0.05) is 44.2 Å². The highest BCUT2D eigenvalue weighted by Gasteiger charge is 2.35. The summed E-state index contributed by atoms with van der Waals surface area (Å²) in [5.41, 5.74) is 2.54. The van der Waals surface area contributed by atoms with Crippen LogP contribution in [0.25, 0.3) is 17.0 Å². The molecule has 0 saturated carbocycles. The number of pyridine rings is 1. The number of ether oxygens (including phenoxy) is 1. The number of nitrogens with zero attached hydrogens (tertiary/aromatic N) is 2. The summed E-state index contributed by atoms with van der Waals surface area (Å²) in [6.45, 7) is 10.5. The van der Waals surface area contributed by atoms with Crippen molar-refractivity contribution >= 4 is 40.7 Å². The van der Waals surface area contributed by atoms with Gasteiger partial charge in [0.1, 0.15) is 29.7 Å². The average molecular weight is 568 g/mol. The largest absolute Gasteiger partial charge is 0.455 e. The summed E-state index contributed by atoms with van der Waals surface area (Å²) in [7, 11) is 0. The molecule has 11 heteroatoms. The topological polar surface area (TPSA) is 130 Å². The lowest BCUT2D eigenvalue weighted by molar-refractivity contribution is -0.157. The van der Waals surface area contributed by atoms with Gasteiger partial charge in [0.15, 0.2) is 5.82 Å². The minimum atomic E-state index is -1.10. The van der Waals surface area contributed by atoms with Crippen molar-refractivity contribution in [2.45, 2.75) is 78.6 Å². The average Bonchev–Trinajstić information content (AvgIpc) is 2.94. The van der Waals surface area contributed by atoms with E-state index in [0.717, 1.165) is 0 Å². The number of carbonyl (C=O) groups excluding carboxylic acids is 4. The molecular weight excluding hydrogens is 529 g/mol. The Morgan fingerprint density at radius 1 is 1.07 bits per heavy atom. The van der Waals surface area contributed by atoms with Gasteiger partial charge in [-0.05, 0) is 52.5 Å². The predicted molar refractivity (Wildman–Crippen MR) is 151 cm³/mol. The number of rotatable bonds is 1. The van der Waals surface area contributed by atoms with Crippen molar-refractivity contribution in [3.8, 4) is 0 Å². The van der Waals surface area contributed by atoms with Crippen LogP contribution < -0.4 is 16.1 Å². The van der Waals surface area contributed by atoms with Crippen molar-refractivity contribution in [1.82, 2.24) is 26.1 Å². The predicted octanol–water partition coefficient (Wildman–Crippen LogP) is 3.17. The first-order chi connectivity index (χ1) is 19.3. The molecule has 2 aliphatic rings. The van der Waals surface area contributed by atoms with Gasteiger partial charge in [0.05, 0.1) is 11.1 Å². The third-order valence-electron chi connectivity index (χ3n) is 7.53. The molecule has 2 aliphatic heterocycles. The van der Waals surface area contributed by atoms with E-state index in [1.165, 1.54) is 11.1 Å². The Balaban J connectivity index is 1.74. The molecule has 0 spiro atoms. The zero-order chi connectivity index (χ0) is 30.1. The maximum Gasteiger partial charge on any atom is 0.325 e. The van der Waals surface area contributed by atoms with Crippen molar-refractivity contribution in [2.24, 2.45) is 11.3 Å². The molecule has 0 radical (unpaired) electrons. The SMILES string of the molecule is CC(C)C1NC(=O)C(C)(C)/C=C/c2ccc3ccc(nc3c2F)[C@@H](C)OC(=O)C2CCCN(N2)C(=O)[C@H](C)NC1=O. The first kappa shape index (κ1) is 30.1. The Morgan fingerprint density at radius 2 is 1.78 bits per heavy atom. The highest BCUT2D eigenvalue weighted by Crippen LogP contribution is 2.27. The monoisotopic (exact) mass is 567 g/mol. The Labute approximate surface area is 239 Å². The van der Waals surface area contributed by atoms with Crippen LogP contribution in [0.4, 0.5) is 4.39 Å². The van der Waals surface area contributed by atoms with Gasteiger partial charge in [-0.15, -0.1) is 0 Å². The Morgan fingerprint density at radius 3 is 2.49 bits per heavy atom. The Bertz CT molecular complexity index is 1390. The van der Waals surface area contributed by atoms with Gasteiger partial charge in [0.2, 0.25) is 11.8 Å². The van der Waals surface area contributed by atoms with E-state index in [2.05, 4.69) is 21.0 Å². The molecule has 41 heavy (non-hydrogen) atoms. The number of halogens is 1. The standard InChI is InChI=1S/C30H38FN5O5/c1-16(2)24-26(37)32-17(3)27(38)36-15-7-8-22(35-36)28(39)41-18(4)21-12-11-20-10-9-19(23(31)25(20)33-21)13-14-30(5,6)29(40)34-24/h9-14,16-18,22,24,35H,7-8,15H2,1-6H3,(H,32,37)(H,34,40)/b14-13+/t17-,18+,22?,24?/m0/s1. The molecule has 3 amide bonds. The highest BCUT2D eigenvalue weighted by molar-refractivity contribution is 5.94. The van der Waals surface area contributed by atoms with Crippen LogP contribution in [0.3, 0.4) is 0 Å². The normalized spacial score (nSPS) is 26.9. The number of carbonyl (C=O) groups is 4. The minimum Gasteiger partial charge on any atom is -0.455 e. The van der Waals surface area contributed by atoms with E-state index in [1.54, 1.807) is 71.9 Å². The zero-order valence-corrected chi connectivity index (χ0v) is 24.3. The van der Waals surface area contributed by atoms with Crippen LogP contribution in [0.5, 0.6) is 0 Å². The summed E-state index contributed by atoms with van der Waals surface area (Å²) in [4.78, 5) is 57.2. The summed E-state index contributed by atoms with van der Waals surface area (Å²) in [6, 6.07) is 4.09. The van der Waals surface area contributed by atoms with Gasteiger partial charge >= 0.3 is 5.97 Å². The number of hydrazine groups is 1. The molecular formula is C30H38FN5O5. The van der Waals surface area contributed by atoms with Gasteiger partial charge < -0.3 is 15.4 Å². The summed E-state index contributed by atoms with van der Waals surface area (Å²) >= 11 is 0. The quantitative estimate of drug-likeness (QED) is 0.452. The summed E-state index contributed by atoms with van der Waals surface area (Å²) in [6.07, 6.45) is 3.30. The number of aromatic nitrogens is 1. The third-order valence-corrected chi connectivity index (χ3v) is 7.53. The van der Waals surface area contributed by atoms with Crippen molar-refractivity contribution < 1.29 is 28.3 Å². The molecule has 220 valence electrons. The fraction of sp³-hybridized carbons (Fsp3) is 0.500. The van der Waals surface area contributed by atoms with E-state index in [4.69, 9.17) is 4.74 Å². The van der Waals surface area contributed by atoms with E-state index < -0.39 is 59.2 Å². The van der Waals surface area contributed by atoms with Gasteiger partial charge in [-0.3, -0.25) is 24.2 Å². The van der Waals surface area contributed by atoms with Crippen molar-refractivity contribution in [2.75, 3.05) is 6.54 Å². The van der Waals surface area contributed by atoms with Crippen molar-refractivity contribution in [3.63, 3.8) is 0 Å². The molecule has 1 aromatic carbocycles. The smallest absolute Gasteiger partial charge is 0.325 e. The van der Waals surface area contributed by atoms with E-state index >= 15 is 4.39 Å². The van der Waals surface area contributed by atoms with Gasteiger partial charge in [-0.2, -0.15) is 0 Å². The third kappa shape index (κ3) is 6.56. The number of esters is 1. The molecule has 5 bridgehead atoms. The fourth-order valence-electron chi connectivity index (χ4n) is 4.81. The molecule has 2 aromatic rings. The van der Waals surface area contributed by atoms with E-state index in [1.807, 2.05) is 0 Å². The second-order valence-corrected chi connectivity index (χ2v) is 11.6. The molecule has 3 N–H and O–H groups in total. The maximum absolute atomic E-state index is 15.6. The van der Waals surface area contributed by atoms with Crippen LogP contribution in [0.15, 0.2) is 30.3 Å². The van der Waals surface area contributed by atoms with Crippen LogP contribution in [-0.4, -0.2) is 58.4 Å². The lowest BCUT2D eigenvalue weighted by Crippen LogP contribution is -2.61. The Hall–Kier alpha value is -3.86. The molecule has 2 unspecified atom stereocenters. The molecule has 3 heterocycles. The second-order valence-electron chi connectivity index (χ2n) is 11.6. The van der Waals surface area contributed by atoms with Crippen molar-refractivity contribution in [1.29, 1.82) is 0 Å². The number of nitrogens with one attached hydrogen (secondary N) is 3. The van der Waals surface area contributed by atoms with Crippen LogP contribution in [0.1, 0.15) is 71.7 Å². The number of hydrogen-bond acceptors (Lipinski definition) is 7. The zero-order valence-electron chi connectivity index (χ0n) is 24.3. The van der Waals surface area contributed by atoms with Crippen LogP contribution in [-0.2, 0) is 23.9 Å². The van der Waals surface area contributed by atoms with E-state index in [-0.39, 0.29) is 17.0 Å². The van der Waals surface area contributed by atoms with Crippen LogP contribution in [0, 0.1) is 17.2 Å². The maximum atomic E-state index is 15.6. The summed E-state index contributed by atoms with van der Waals surface area (Å²) in [5.74, 6) is -2.79. The molecule has 1 saturated heterocycles. The summed E-state index contributed by atoms with van der Waals surface area (Å²) in [5, 5.41) is 7.38. The molecule has 4 atom stereocenters. The number of fused-ring (bicyclic) bond motifs is 4. The fourth-order valence-corrected chi connectivity index (χ4v) is 4.81. The van der Waals surface area contributed by atoms with Crippen LogP contribution in [0.2, 0.25) is 0 Å².